The summed E-state index contributed by atoms with van der Waals surface area (Å²) in [5.74, 6) is 0.0313. The van der Waals surface area contributed by atoms with Crippen molar-refractivity contribution < 1.29 is 23.4 Å². The Balaban J connectivity index is 2.03. The number of carbonyl (C=O) groups is 1. The molecular weight excluding hydrogens is 468 g/mol. The predicted molar refractivity (Wildman–Crippen MR) is 150 cm³/mol. The standard InChI is InChI=1S/C31H44O6/c1-6-7-8-9-10-11-12-13-20-34-26-17-18-27-28(22-26)37-31(33)30(29(27)36-25(5)32)35-21-19-24(4)16-14-15-23(2)3/h15,17-19,22H,6-14,16,20-21H2,1-5H3. The zero-order valence-corrected chi connectivity index (χ0v) is 23.3. The van der Waals surface area contributed by atoms with Crippen molar-refractivity contribution in [3.05, 3.63) is 51.9 Å². The second kappa shape index (κ2) is 16.7. The van der Waals surface area contributed by atoms with Crippen LogP contribution in [0.15, 0.2) is 50.7 Å². The minimum Gasteiger partial charge on any atom is -0.493 e. The number of hydrogen-bond acceptors (Lipinski definition) is 6. The van der Waals surface area contributed by atoms with Crippen LogP contribution in [0.3, 0.4) is 0 Å². The van der Waals surface area contributed by atoms with E-state index in [1.807, 2.05) is 13.0 Å². The van der Waals surface area contributed by atoms with Crippen LogP contribution in [0, 0.1) is 0 Å². The Bertz CT molecular complexity index is 1100. The lowest BCUT2D eigenvalue weighted by Crippen LogP contribution is -2.12. The Hall–Kier alpha value is -3.02. The van der Waals surface area contributed by atoms with Crippen LogP contribution in [0.25, 0.3) is 11.0 Å². The van der Waals surface area contributed by atoms with Gasteiger partial charge in [-0.3, -0.25) is 4.79 Å². The molecule has 0 amide bonds. The van der Waals surface area contributed by atoms with E-state index in [0.29, 0.717) is 17.7 Å². The summed E-state index contributed by atoms with van der Waals surface area (Å²) in [5, 5.41) is 0.480. The molecule has 0 fully saturated rings. The molecule has 0 bridgehead atoms. The van der Waals surface area contributed by atoms with Gasteiger partial charge in [0.15, 0.2) is 5.75 Å². The highest BCUT2D eigenvalue weighted by Crippen LogP contribution is 2.35. The van der Waals surface area contributed by atoms with Gasteiger partial charge in [0, 0.05) is 13.0 Å². The van der Waals surface area contributed by atoms with Crippen molar-refractivity contribution in [3.63, 3.8) is 0 Å². The number of ether oxygens (including phenoxy) is 3. The molecule has 2 rings (SSSR count). The molecular formula is C31H44O6. The maximum atomic E-state index is 12.7. The van der Waals surface area contributed by atoms with Crippen LogP contribution in [0.2, 0.25) is 0 Å². The molecule has 1 heterocycles. The molecule has 0 radical (unpaired) electrons. The van der Waals surface area contributed by atoms with Gasteiger partial charge in [-0.15, -0.1) is 0 Å². The van der Waals surface area contributed by atoms with Crippen molar-refractivity contribution in [2.24, 2.45) is 0 Å². The number of esters is 1. The lowest BCUT2D eigenvalue weighted by atomic mass is 10.1. The van der Waals surface area contributed by atoms with Crippen LogP contribution in [0.5, 0.6) is 17.2 Å². The Morgan fingerprint density at radius 2 is 1.59 bits per heavy atom. The van der Waals surface area contributed by atoms with Gasteiger partial charge < -0.3 is 18.6 Å². The molecule has 37 heavy (non-hydrogen) atoms. The first-order valence-corrected chi connectivity index (χ1v) is 13.7. The predicted octanol–water partition coefficient (Wildman–Crippen LogP) is 8.31. The van der Waals surface area contributed by atoms with Gasteiger partial charge in [-0.1, -0.05) is 69.1 Å². The molecule has 2 aromatic rings. The van der Waals surface area contributed by atoms with E-state index in [0.717, 1.165) is 31.3 Å². The second-order valence-electron chi connectivity index (χ2n) is 9.80. The summed E-state index contributed by atoms with van der Waals surface area (Å²) in [5.41, 5.74) is 2.02. The summed E-state index contributed by atoms with van der Waals surface area (Å²) in [6, 6.07) is 5.18. The van der Waals surface area contributed by atoms with Crippen molar-refractivity contribution >= 4 is 16.9 Å². The number of fused-ring (bicyclic) bond motifs is 1. The topological polar surface area (TPSA) is 75.0 Å². The summed E-state index contributed by atoms with van der Waals surface area (Å²) >= 11 is 0. The molecule has 0 unspecified atom stereocenters. The summed E-state index contributed by atoms with van der Waals surface area (Å²) in [6.45, 7) is 10.5. The van der Waals surface area contributed by atoms with Gasteiger partial charge in [-0.05, 0) is 58.2 Å². The monoisotopic (exact) mass is 512 g/mol. The van der Waals surface area contributed by atoms with Crippen LogP contribution in [0.4, 0.5) is 0 Å². The molecule has 0 saturated heterocycles. The van der Waals surface area contributed by atoms with E-state index in [2.05, 4.69) is 26.8 Å². The fraction of sp³-hybridized carbons (Fsp3) is 0.548. The van der Waals surface area contributed by atoms with E-state index < -0.39 is 11.6 Å². The maximum Gasteiger partial charge on any atom is 0.383 e. The number of rotatable bonds is 17. The van der Waals surface area contributed by atoms with Gasteiger partial charge in [-0.2, -0.15) is 0 Å². The molecule has 0 atom stereocenters. The van der Waals surface area contributed by atoms with Crippen molar-refractivity contribution in [2.45, 2.75) is 98.8 Å². The minimum absolute atomic E-state index is 0.0731. The minimum atomic E-state index is -0.695. The van der Waals surface area contributed by atoms with Crippen molar-refractivity contribution in [3.8, 4) is 17.2 Å². The lowest BCUT2D eigenvalue weighted by molar-refractivity contribution is -0.131. The third kappa shape index (κ3) is 11.3. The molecule has 0 N–H and O–H groups in total. The summed E-state index contributed by atoms with van der Waals surface area (Å²) in [6.07, 6.45) is 15.8. The van der Waals surface area contributed by atoms with Crippen molar-refractivity contribution in [1.82, 2.24) is 0 Å². The number of benzene rings is 1. The fourth-order valence-corrected chi connectivity index (χ4v) is 3.98. The van der Waals surface area contributed by atoms with Gasteiger partial charge in [-0.25, -0.2) is 4.79 Å². The molecule has 0 spiro atoms. The largest absolute Gasteiger partial charge is 0.493 e. The first-order valence-electron chi connectivity index (χ1n) is 13.7. The molecule has 1 aromatic heterocycles. The molecule has 0 aliphatic rings. The van der Waals surface area contributed by atoms with Gasteiger partial charge >= 0.3 is 11.6 Å². The average molecular weight is 513 g/mol. The van der Waals surface area contributed by atoms with Crippen LogP contribution < -0.4 is 19.8 Å². The van der Waals surface area contributed by atoms with Gasteiger partial charge in [0.2, 0.25) is 5.75 Å². The van der Waals surface area contributed by atoms with E-state index >= 15 is 0 Å². The number of carbonyl (C=O) groups excluding carboxylic acids is 1. The normalized spacial score (nSPS) is 11.4. The second-order valence-corrected chi connectivity index (χ2v) is 9.80. The van der Waals surface area contributed by atoms with Crippen LogP contribution in [-0.4, -0.2) is 19.2 Å². The smallest absolute Gasteiger partial charge is 0.383 e. The van der Waals surface area contributed by atoms with Crippen LogP contribution >= 0.6 is 0 Å². The highest BCUT2D eigenvalue weighted by atomic mass is 16.6. The molecule has 0 aliphatic heterocycles. The highest BCUT2D eigenvalue weighted by Gasteiger charge is 2.20. The summed E-state index contributed by atoms with van der Waals surface area (Å²) < 4.78 is 22.5. The first-order chi connectivity index (χ1) is 17.8. The number of hydrogen-bond donors (Lipinski definition) is 0. The van der Waals surface area contributed by atoms with Gasteiger partial charge in [0.05, 0.1) is 12.0 Å². The van der Waals surface area contributed by atoms with E-state index in [9.17, 15) is 9.59 Å². The third-order valence-corrected chi connectivity index (χ3v) is 6.06. The number of unbranched alkanes of at least 4 members (excludes halogenated alkanes) is 7. The summed E-state index contributed by atoms with van der Waals surface area (Å²) in [7, 11) is 0. The Kier molecular flexibility index (Phi) is 13.6. The van der Waals surface area contributed by atoms with E-state index in [-0.39, 0.29) is 23.7 Å². The SMILES string of the molecule is CCCCCCCCCCOc1ccc2c(OC(C)=O)c(OCC=C(C)CCC=C(C)C)c(=O)oc2c1. The van der Waals surface area contributed by atoms with Crippen molar-refractivity contribution in [2.75, 3.05) is 13.2 Å². The third-order valence-electron chi connectivity index (χ3n) is 6.06. The highest BCUT2D eigenvalue weighted by molar-refractivity contribution is 5.89. The van der Waals surface area contributed by atoms with Gasteiger partial charge in [0.1, 0.15) is 17.9 Å². The maximum absolute atomic E-state index is 12.7. The Labute approximate surface area is 221 Å². The molecule has 6 heteroatoms. The molecule has 204 valence electrons. The fourth-order valence-electron chi connectivity index (χ4n) is 3.98. The van der Waals surface area contributed by atoms with Crippen molar-refractivity contribution in [1.29, 1.82) is 0 Å². The molecule has 0 aliphatic carbocycles. The average Bonchev–Trinajstić information content (AvgIpc) is 2.84. The molecule has 0 saturated carbocycles. The number of allylic oxidation sites excluding steroid dienone is 3. The first kappa shape index (κ1) is 30.2. The molecule has 6 nitrogen and oxygen atoms in total. The van der Waals surface area contributed by atoms with Crippen LogP contribution in [-0.2, 0) is 4.79 Å². The van der Waals surface area contributed by atoms with Crippen LogP contribution in [0.1, 0.15) is 98.8 Å². The summed E-state index contributed by atoms with van der Waals surface area (Å²) in [4.78, 5) is 24.5. The quantitative estimate of drug-likeness (QED) is 0.0918. The Morgan fingerprint density at radius 1 is 0.892 bits per heavy atom. The zero-order chi connectivity index (χ0) is 27.0. The zero-order valence-electron chi connectivity index (χ0n) is 23.3. The lowest BCUT2D eigenvalue weighted by Gasteiger charge is -2.12. The van der Waals surface area contributed by atoms with E-state index in [4.69, 9.17) is 18.6 Å². The molecule has 1 aromatic carbocycles. The van der Waals surface area contributed by atoms with E-state index in [1.54, 1.807) is 18.2 Å². The van der Waals surface area contributed by atoms with E-state index in [1.165, 1.54) is 51.0 Å². The van der Waals surface area contributed by atoms with Gasteiger partial charge in [0.25, 0.3) is 0 Å². The Morgan fingerprint density at radius 3 is 2.27 bits per heavy atom.